The summed E-state index contributed by atoms with van der Waals surface area (Å²) in [5, 5.41) is 16.9. The van der Waals surface area contributed by atoms with E-state index < -0.39 is 4.92 Å². The van der Waals surface area contributed by atoms with Crippen molar-refractivity contribution in [2.45, 2.75) is 12.5 Å². The van der Waals surface area contributed by atoms with Crippen molar-refractivity contribution in [2.24, 2.45) is 11.8 Å². The fourth-order valence-electron chi connectivity index (χ4n) is 2.83. The fraction of sp³-hybridized carbons (Fsp3) is 0.462. The second kappa shape index (κ2) is 5.76. The van der Waals surface area contributed by atoms with Crippen molar-refractivity contribution in [3.05, 3.63) is 39.9 Å². The van der Waals surface area contributed by atoms with Crippen LogP contribution in [0, 0.1) is 22.0 Å². The summed E-state index contributed by atoms with van der Waals surface area (Å²) in [5.74, 6) is 1.10. The first-order chi connectivity index (χ1) is 9.15. The van der Waals surface area contributed by atoms with Crippen LogP contribution in [0.15, 0.2) is 24.3 Å². The van der Waals surface area contributed by atoms with Crippen molar-refractivity contribution < 1.29 is 9.72 Å². The van der Waals surface area contributed by atoms with Crippen molar-refractivity contribution in [1.29, 1.82) is 0 Å². The van der Waals surface area contributed by atoms with E-state index in [1.54, 1.807) is 12.1 Å². The lowest BCUT2D eigenvalue weighted by atomic mass is 10.1. The number of nitrogens with one attached hydrogen (secondary N) is 2. The highest BCUT2D eigenvalue weighted by Crippen LogP contribution is 2.41. The van der Waals surface area contributed by atoms with Crippen LogP contribution in [0.2, 0.25) is 0 Å². The summed E-state index contributed by atoms with van der Waals surface area (Å²) in [6.07, 6.45) is 0.199. The van der Waals surface area contributed by atoms with Crippen LogP contribution in [0.4, 0.5) is 5.69 Å². The molecule has 0 aromatic heterocycles. The Balaban J connectivity index is 0.00000147. The van der Waals surface area contributed by atoms with Crippen molar-refractivity contribution in [1.82, 2.24) is 10.6 Å². The Labute approximate surface area is 122 Å². The van der Waals surface area contributed by atoms with Crippen LogP contribution < -0.4 is 10.6 Å². The highest BCUT2D eigenvalue weighted by atomic mass is 35.5. The lowest BCUT2D eigenvalue weighted by molar-refractivity contribution is -0.384. The first-order valence-corrected chi connectivity index (χ1v) is 6.38. The number of amides is 1. The quantitative estimate of drug-likeness (QED) is 0.638. The van der Waals surface area contributed by atoms with Crippen molar-refractivity contribution in [3.8, 4) is 0 Å². The SMILES string of the molecule is Cl.O=C(Cc1cccc([N+](=O)[O-])c1)NC1C2CNCC21. The molecule has 1 amide bonds. The maximum atomic E-state index is 11.9. The van der Waals surface area contributed by atoms with Gasteiger partial charge in [0, 0.05) is 31.3 Å². The monoisotopic (exact) mass is 297 g/mol. The van der Waals surface area contributed by atoms with Crippen LogP contribution in [0.1, 0.15) is 5.56 Å². The van der Waals surface area contributed by atoms with E-state index in [-0.39, 0.29) is 30.4 Å². The Bertz CT molecular complexity index is 527. The number of hydrogen-bond acceptors (Lipinski definition) is 4. The van der Waals surface area contributed by atoms with E-state index in [1.165, 1.54) is 12.1 Å². The predicted molar refractivity (Wildman–Crippen MR) is 75.8 cm³/mol. The zero-order valence-electron chi connectivity index (χ0n) is 10.7. The largest absolute Gasteiger partial charge is 0.352 e. The molecule has 1 saturated heterocycles. The highest BCUT2D eigenvalue weighted by Gasteiger charge is 2.53. The Kier molecular flexibility index (Phi) is 4.25. The normalized spacial score (nSPS) is 26.3. The Morgan fingerprint density at radius 2 is 2.10 bits per heavy atom. The summed E-state index contributed by atoms with van der Waals surface area (Å²) in [6.45, 7) is 1.96. The van der Waals surface area contributed by atoms with Crippen molar-refractivity contribution in [3.63, 3.8) is 0 Å². The third kappa shape index (κ3) is 2.91. The van der Waals surface area contributed by atoms with E-state index in [0.717, 1.165) is 13.1 Å². The van der Waals surface area contributed by atoms with Gasteiger partial charge in [-0.05, 0) is 17.4 Å². The molecule has 7 heteroatoms. The number of nitrogens with zero attached hydrogens (tertiary/aromatic N) is 1. The third-order valence-corrected chi connectivity index (χ3v) is 3.91. The molecule has 3 rings (SSSR count). The number of nitro benzene ring substituents is 1. The van der Waals surface area contributed by atoms with Gasteiger partial charge in [0.15, 0.2) is 0 Å². The maximum absolute atomic E-state index is 11.9. The molecule has 6 nitrogen and oxygen atoms in total. The van der Waals surface area contributed by atoms with Crippen molar-refractivity contribution in [2.75, 3.05) is 13.1 Å². The molecule has 2 aliphatic rings. The lowest BCUT2D eigenvalue weighted by Crippen LogP contribution is -2.33. The number of nitro groups is 1. The number of piperidine rings is 1. The number of halogens is 1. The van der Waals surface area contributed by atoms with Gasteiger partial charge in [0.25, 0.3) is 5.69 Å². The summed E-state index contributed by atoms with van der Waals surface area (Å²) in [7, 11) is 0. The molecule has 1 aromatic rings. The van der Waals surface area contributed by atoms with E-state index in [2.05, 4.69) is 10.6 Å². The molecule has 108 valence electrons. The fourth-order valence-corrected chi connectivity index (χ4v) is 2.83. The van der Waals surface area contributed by atoms with Gasteiger partial charge in [-0.1, -0.05) is 12.1 Å². The van der Waals surface area contributed by atoms with E-state index in [4.69, 9.17) is 0 Å². The minimum atomic E-state index is -0.446. The van der Waals surface area contributed by atoms with Crippen molar-refractivity contribution >= 4 is 24.0 Å². The summed E-state index contributed by atoms with van der Waals surface area (Å²) in [4.78, 5) is 22.1. The third-order valence-electron chi connectivity index (χ3n) is 3.91. The summed E-state index contributed by atoms with van der Waals surface area (Å²) in [6, 6.07) is 6.53. The van der Waals surface area contributed by atoms with E-state index in [9.17, 15) is 14.9 Å². The van der Waals surface area contributed by atoms with Gasteiger partial charge in [0.2, 0.25) is 5.91 Å². The molecule has 1 aliphatic carbocycles. The number of carbonyl (C=O) groups excluding carboxylic acids is 1. The van der Waals surface area contributed by atoms with Gasteiger partial charge < -0.3 is 10.6 Å². The predicted octanol–water partition coefficient (Wildman–Crippen LogP) is 0.893. The Hall–Kier alpha value is -1.66. The van der Waals surface area contributed by atoms with Crippen LogP contribution in [-0.2, 0) is 11.2 Å². The summed E-state index contributed by atoms with van der Waals surface area (Å²) in [5.41, 5.74) is 0.702. The molecule has 2 N–H and O–H groups in total. The molecule has 0 spiro atoms. The summed E-state index contributed by atoms with van der Waals surface area (Å²) < 4.78 is 0. The molecule has 1 saturated carbocycles. The molecule has 2 unspecified atom stereocenters. The van der Waals surface area contributed by atoms with Gasteiger partial charge in [-0.25, -0.2) is 0 Å². The van der Waals surface area contributed by atoms with E-state index >= 15 is 0 Å². The van der Waals surface area contributed by atoms with Crippen LogP contribution in [-0.4, -0.2) is 30.0 Å². The minimum absolute atomic E-state index is 0. The minimum Gasteiger partial charge on any atom is -0.352 e. The Morgan fingerprint density at radius 3 is 2.75 bits per heavy atom. The van der Waals surface area contributed by atoms with E-state index in [0.29, 0.717) is 23.4 Å². The van der Waals surface area contributed by atoms with Gasteiger partial charge in [0.05, 0.1) is 11.3 Å². The maximum Gasteiger partial charge on any atom is 0.269 e. The van der Waals surface area contributed by atoms with Gasteiger partial charge in [-0.15, -0.1) is 12.4 Å². The number of benzene rings is 1. The Morgan fingerprint density at radius 1 is 1.40 bits per heavy atom. The van der Waals surface area contributed by atoms with Crippen LogP contribution >= 0.6 is 12.4 Å². The number of fused-ring (bicyclic) bond motifs is 1. The van der Waals surface area contributed by atoms with Crippen LogP contribution in [0.5, 0.6) is 0 Å². The molecule has 20 heavy (non-hydrogen) atoms. The smallest absolute Gasteiger partial charge is 0.269 e. The molecule has 2 fully saturated rings. The van der Waals surface area contributed by atoms with E-state index in [1.807, 2.05) is 0 Å². The van der Waals surface area contributed by atoms with Crippen LogP contribution in [0.25, 0.3) is 0 Å². The number of rotatable bonds is 4. The van der Waals surface area contributed by atoms with Gasteiger partial charge >= 0.3 is 0 Å². The zero-order valence-corrected chi connectivity index (χ0v) is 11.6. The molecule has 1 heterocycles. The average molecular weight is 298 g/mol. The van der Waals surface area contributed by atoms with Gasteiger partial charge in [-0.3, -0.25) is 14.9 Å². The number of carbonyl (C=O) groups is 1. The molecular formula is C13H16ClN3O3. The van der Waals surface area contributed by atoms with Gasteiger partial charge in [0.1, 0.15) is 0 Å². The lowest BCUT2D eigenvalue weighted by Gasteiger charge is -2.07. The first kappa shape index (κ1) is 14.7. The molecule has 1 aliphatic heterocycles. The molecule has 0 bridgehead atoms. The highest BCUT2D eigenvalue weighted by molar-refractivity contribution is 5.85. The topological polar surface area (TPSA) is 84.3 Å². The number of non-ortho nitro benzene ring substituents is 1. The second-order valence-electron chi connectivity index (χ2n) is 5.18. The molecule has 2 atom stereocenters. The first-order valence-electron chi connectivity index (χ1n) is 6.38. The van der Waals surface area contributed by atoms with Crippen LogP contribution in [0.3, 0.4) is 0 Å². The number of hydrogen-bond donors (Lipinski definition) is 2. The van der Waals surface area contributed by atoms with Gasteiger partial charge in [-0.2, -0.15) is 0 Å². The summed E-state index contributed by atoms with van der Waals surface area (Å²) >= 11 is 0. The molecular weight excluding hydrogens is 282 g/mol. The average Bonchev–Trinajstić information content (AvgIpc) is 2.83. The zero-order chi connectivity index (χ0) is 13.4. The molecule has 0 radical (unpaired) electrons. The standard InChI is InChI=1S/C13H15N3O3.ClH/c17-12(15-13-10-6-14-7-11(10)13)5-8-2-1-3-9(4-8)16(18)19;/h1-4,10-11,13-14H,5-7H2,(H,15,17);1H. The molecule has 1 aromatic carbocycles. The second-order valence-corrected chi connectivity index (χ2v) is 5.18.